The smallest absolute Gasteiger partial charge is 0.269 e. The van der Waals surface area contributed by atoms with E-state index in [2.05, 4.69) is 18.9 Å². The summed E-state index contributed by atoms with van der Waals surface area (Å²) in [6.07, 6.45) is 5.03. The van der Waals surface area contributed by atoms with Crippen molar-refractivity contribution >= 4 is 17.3 Å². The lowest BCUT2D eigenvalue weighted by Crippen LogP contribution is -2.38. The van der Waals surface area contributed by atoms with Gasteiger partial charge in [-0.15, -0.1) is 0 Å². The van der Waals surface area contributed by atoms with Gasteiger partial charge in [-0.05, 0) is 37.4 Å². The van der Waals surface area contributed by atoms with Crippen molar-refractivity contribution in [3.8, 4) is 0 Å². The van der Waals surface area contributed by atoms with E-state index >= 15 is 0 Å². The molecule has 0 amide bonds. The second-order valence-corrected chi connectivity index (χ2v) is 6.18. The van der Waals surface area contributed by atoms with Crippen LogP contribution < -0.4 is 0 Å². The van der Waals surface area contributed by atoms with Gasteiger partial charge in [0.1, 0.15) is 0 Å². The predicted octanol–water partition coefficient (Wildman–Crippen LogP) is 4.26. The Kier molecular flexibility index (Phi) is 5.00. The molecule has 0 heterocycles. The van der Waals surface area contributed by atoms with Gasteiger partial charge >= 0.3 is 0 Å². The quantitative estimate of drug-likeness (QED) is 0.616. The molecule has 2 atom stereocenters. The molecule has 1 aromatic carbocycles. The molecule has 0 saturated heterocycles. The van der Waals surface area contributed by atoms with Crippen molar-refractivity contribution in [1.29, 1.82) is 0 Å². The van der Waals surface area contributed by atoms with E-state index in [1.165, 1.54) is 31.7 Å². The number of hydrogen-bond donors (Lipinski definition) is 0. The van der Waals surface area contributed by atoms with Crippen molar-refractivity contribution in [3.63, 3.8) is 0 Å². The molecule has 4 nitrogen and oxygen atoms in total. The van der Waals surface area contributed by atoms with E-state index in [-0.39, 0.29) is 10.6 Å². The van der Waals surface area contributed by atoms with Gasteiger partial charge in [0.2, 0.25) is 0 Å². The van der Waals surface area contributed by atoms with E-state index in [1.807, 2.05) is 0 Å². The van der Waals surface area contributed by atoms with Gasteiger partial charge in [0, 0.05) is 29.7 Å². The molecule has 0 spiro atoms. The molecule has 0 bridgehead atoms. The molecule has 1 aliphatic rings. The van der Waals surface area contributed by atoms with Crippen molar-refractivity contribution in [2.45, 2.75) is 45.2 Å². The van der Waals surface area contributed by atoms with E-state index in [0.29, 0.717) is 23.5 Å². The van der Waals surface area contributed by atoms with Crippen molar-refractivity contribution in [2.24, 2.45) is 5.92 Å². The lowest BCUT2D eigenvalue weighted by atomic mass is 9.85. The molecular weight excluding hydrogens is 276 g/mol. The highest BCUT2D eigenvalue weighted by molar-refractivity contribution is 6.31. The molecule has 0 radical (unpaired) electrons. The minimum Gasteiger partial charge on any atom is -0.299 e. The SMILES string of the molecule is CC1CCCCC1N(C)Cc1cc([N+](=O)[O-])ccc1Cl. The molecule has 2 rings (SSSR count). The molecule has 1 aliphatic carbocycles. The average molecular weight is 297 g/mol. The molecule has 0 aromatic heterocycles. The summed E-state index contributed by atoms with van der Waals surface area (Å²) >= 11 is 6.17. The van der Waals surface area contributed by atoms with Gasteiger partial charge in [-0.3, -0.25) is 15.0 Å². The normalized spacial score (nSPS) is 23.0. The molecule has 2 unspecified atom stereocenters. The Morgan fingerprint density at radius 1 is 1.40 bits per heavy atom. The first-order valence-electron chi connectivity index (χ1n) is 7.12. The Morgan fingerprint density at radius 3 is 2.75 bits per heavy atom. The molecule has 20 heavy (non-hydrogen) atoms. The number of nitro benzene ring substituents is 1. The Morgan fingerprint density at radius 2 is 2.10 bits per heavy atom. The molecule has 0 N–H and O–H groups in total. The number of hydrogen-bond acceptors (Lipinski definition) is 3. The second kappa shape index (κ2) is 6.55. The molecule has 110 valence electrons. The van der Waals surface area contributed by atoms with E-state index in [1.54, 1.807) is 12.1 Å². The van der Waals surface area contributed by atoms with Crippen LogP contribution in [0.25, 0.3) is 0 Å². The summed E-state index contributed by atoms with van der Waals surface area (Å²) < 4.78 is 0. The molecule has 1 fully saturated rings. The summed E-state index contributed by atoms with van der Waals surface area (Å²) in [6.45, 7) is 2.95. The van der Waals surface area contributed by atoms with Crippen LogP contribution >= 0.6 is 11.6 Å². The van der Waals surface area contributed by atoms with Crippen LogP contribution in [0.15, 0.2) is 18.2 Å². The van der Waals surface area contributed by atoms with Gasteiger partial charge in [-0.25, -0.2) is 0 Å². The zero-order chi connectivity index (χ0) is 14.7. The summed E-state index contributed by atoms with van der Waals surface area (Å²) in [5.41, 5.74) is 0.940. The first kappa shape index (κ1) is 15.3. The first-order valence-corrected chi connectivity index (χ1v) is 7.50. The summed E-state index contributed by atoms with van der Waals surface area (Å²) in [4.78, 5) is 12.8. The van der Waals surface area contributed by atoms with Gasteiger partial charge < -0.3 is 0 Å². The third-order valence-corrected chi connectivity index (χ3v) is 4.66. The monoisotopic (exact) mass is 296 g/mol. The lowest BCUT2D eigenvalue weighted by Gasteiger charge is -2.36. The molecule has 1 saturated carbocycles. The van der Waals surface area contributed by atoms with Gasteiger partial charge in [-0.1, -0.05) is 31.4 Å². The van der Waals surface area contributed by atoms with Crippen molar-refractivity contribution < 1.29 is 4.92 Å². The highest BCUT2D eigenvalue weighted by Gasteiger charge is 2.25. The third kappa shape index (κ3) is 3.49. The van der Waals surface area contributed by atoms with Crippen LogP contribution in [-0.4, -0.2) is 22.9 Å². The van der Waals surface area contributed by atoms with Crippen LogP contribution in [-0.2, 0) is 6.54 Å². The summed E-state index contributed by atoms with van der Waals surface area (Å²) in [7, 11) is 2.08. The Bertz CT molecular complexity index is 493. The van der Waals surface area contributed by atoms with E-state index in [9.17, 15) is 10.1 Å². The van der Waals surface area contributed by atoms with E-state index in [0.717, 1.165) is 5.56 Å². The molecule has 5 heteroatoms. The lowest BCUT2D eigenvalue weighted by molar-refractivity contribution is -0.384. The average Bonchev–Trinajstić information content (AvgIpc) is 2.41. The Hall–Kier alpha value is -1.13. The van der Waals surface area contributed by atoms with Gasteiger partial charge in [0.15, 0.2) is 0 Å². The first-order chi connectivity index (χ1) is 9.49. The second-order valence-electron chi connectivity index (χ2n) is 5.78. The predicted molar refractivity (Wildman–Crippen MR) is 81.0 cm³/mol. The minimum absolute atomic E-state index is 0.106. The van der Waals surface area contributed by atoms with Gasteiger partial charge in [0.25, 0.3) is 5.69 Å². The van der Waals surface area contributed by atoms with Crippen LogP contribution in [0, 0.1) is 16.0 Å². The number of benzene rings is 1. The number of nitrogens with zero attached hydrogens (tertiary/aromatic N) is 2. The Labute approximate surface area is 124 Å². The van der Waals surface area contributed by atoms with Crippen LogP contribution in [0.1, 0.15) is 38.2 Å². The van der Waals surface area contributed by atoms with Gasteiger partial charge in [0.05, 0.1) is 4.92 Å². The fraction of sp³-hybridized carbons (Fsp3) is 0.600. The van der Waals surface area contributed by atoms with Gasteiger partial charge in [-0.2, -0.15) is 0 Å². The number of rotatable bonds is 4. The molecule has 0 aliphatic heterocycles. The summed E-state index contributed by atoms with van der Waals surface area (Å²) in [6, 6.07) is 5.20. The zero-order valence-electron chi connectivity index (χ0n) is 12.0. The largest absolute Gasteiger partial charge is 0.299 e. The van der Waals surface area contributed by atoms with Crippen molar-refractivity contribution in [2.75, 3.05) is 7.05 Å². The van der Waals surface area contributed by atoms with Crippen LogP contribution in [0.5, 0.6) is 0 Å². The highest BCUT2D eigenvalue weighted by Crippen LogP contribution is 2.30. The Balaban J connectivity index is 2.12. The number of non-ortho nitro benzene ring substituents is 1. The summed E-state index contributed by atoms with van der Waals surface area (Å²) in [5, 5.41) is 11.5. The number of halogens is 1. The topological polar surface area (TPSA) is 46.4 Å². The molecule has 1 aromatic rings. The number of nitro groups is 1. The third-order valence-electron chi connectivity index (χ3n) is 4.29. The fourth-order valence-corrected chi connectivity index (χ4v) is 3.31. The van der Waals surface area contributed by atoms with E-state index < -0.39 is 0 Å². The van der Waals surface area contributed by atoms with Crippen LogP contribution in [0.2, 0.25) is 5.02 Å². The minimum atomic E-state index is -0.372. The van der Waals surface area contributed by atoms with Crippen molar-refractivity contribution in [3.05, 3.63) is 38.9 Å². The van der Waals surface area contributed by atoms with Crippen LogP contribution in [0.3, 0.4) is 0 Å². The van der Waals surface area contributed by atoms with Crippen molar-refractivity contribution in [1.82, 2.24) is 4.90 Å². The molecular formula is C15H21ClN2O2. The maximum Gasteiger partial charge on any atom is 0.269 e. The fourth-order valence-electron chi connectivity index (χ4n) is 3.13. The standard InChI is InChI=1S/C15H21ClN2O2/c1-11-5-3-4-6-15(11)17(2)10-12-9-13(18(19)20)7-8-14(12)16/h7-9,11,15H,3-6,10H2,1-2H3. The summed E-state index contributed by atoms with van der Waals surface area (Å²) in [5.74, 6) is 0.672. The van der Waals surface area contributed by atoms with Crippen LogP contribution in [0.4, 0.5) is 5.69 Å². The van der Waals surface area contributed by atoms with E-state index in [4.69, 9.17) is 11.6 Å². The highest BCUT2D eigenvalue weighted by atomic mass is 35.5. The maximum atomic E-state index is 10.9. The zero-order valence-corrected chi connectivity index (χ0v) is 12.8. The maximum absolute atomic E-state index is 10.9.